The molecule has 1 saturated carbocycles. The van der Waals surface area contributed by atoms with Crippen LogP contribution in [-0.2, 0) is 4.79 Å². The van der Waals surface area contributed by atoms with Crippen molar-refractivity contribution < 1.29 is 23.5 Å². The second kappa shape index (κ2) is 6.67. The minimum atomic E-state index is -1.01. The van der Waals surface area contributed by atoms with E-state index >= 15 is 0 Å². The monoisotopic (exact) mass is 370 g/mol. The summed E-state index contributed by atoms with van der Waals surface area (Å²) in [4.78, 5) is 24.4. The van der Waals surface area contributed by atoms with Gasteiger partial charge in [-0.1, -0.05) is 0 Å². The second-order valence-corrected chi connectivity index (χ2v) is 6.17. The van der Waals surface area contributed by atoms with Gasteiger partial charge in [-0.15, -0.1) is 0 Å². The number of carbonyl (C=O) groups is 1. The van der Waals surface area contributed by atoms with Crippen LogP contribution in [0.2, 0.25) is 0 Å². The Morgan fingerprint density at radius 3 is 2.56 bits per heavy atom. The molecule has 0 spiro atoms. The molecule has 0 bridgehead atoms. The van der Waals surface area contributed by atoms with Crippen molar-refractivity contribution in [2.45, 2.75) is 12.8 Å². The molecule has 136 valence electrons. The molecule has 0 aliphatic heterocycles. The Balaban J connectivity index is 1.85. The van der Waals surface area contributed by atoms with E-state index in [0.717, 1.165) is 25.2 Å². The van der Waals surface area contributed by atoms with Gasteiger partial charge in [-0.2, -0.15) is 8.78 Å². The summed E-state index contributed by atoms with van der Waals surface area (Å²) < 4.78 is 29.0. The third-order valence-electron chi connectivity index (χ3n) is 4.11. The van der Waals surface area contributed by atoms with E-state index in [1.54, 1.807) is 18.3 Å². The molecule has 3 aromatic heterocycles. The number of nitrogens with zero attached hydrogens (tertiary/aromatic N) is 4. The van der Waals surface area contributed by atoms with E-state index in [4.69, 9.17) is 0 Å². The van der Waals surface area contributed by atoms with Crippen molar-refractivity contribution in [3.63, 3.8) is 0 Å². The summed E-state index contributed by atoms with van der Waals surface area (Å²) in [6.07, 6.45) is 7.36. The van der Waals surface area contributed by atoms with Crippen molar-refractivity contribution in [1.29, 1.82) is 0 Å². The number of amides is 1. The minimum Gasteiger partial charge on any atom is -0.309 e. The van der Waals surface area contributed by atoms with Crippen LogP contribution < -0.4 is 10.0 Å². The van der Waals surface area contributed by atoms with Gasteiger partial charge in [0.25, 0.3) is 12.4 Å². The lowest BCUT2D eigenvalue weighted by Gasteiger charge is -2.11. The van der Waals surface area contributed by atoms with Crippen molar-refractivity contribution in [2.24, 2.45) is 5.92 Å². The number of hydrogen-bond donors (Lipinski definition) is 2. The number of rotatable bonds is 4. The maximum absolute atomic E-state index is 14.3. The summed E-state index contributed by atoms with van der Waals surface area (Å²) in [6, 6.07) is 3.31. The maximum Gasteiger partial charge on any atom is 0.258 e. The van der Waals surface area contributed by atoms with Crippen molar-refractivity contribution in [1.82, 2.24) is 15.0 Å². The predicted molar refractivity (Wildman–Crippen MR) is 89.3 cm³/mol. The Hall–Kier alpha value is -3.49. The van der Waals surface area contributed by atoms with Crippen LogP contribution in [0.15, 0.2) is 43.1 Å². The van der Waals surface area contributed by atoms with E-state index in [1.165, 1.54) is 12.4 Å². The first kappa shape index (κ1) is 17.0. The van der Waals surface area contributed by atoms with Crippen LogP contribution in [0.3, 0.4) is 0 Å². The Morgan fingerprint density at radius 2 is 1.93 bits per heavy atom. The third kappa shape index (κ3) is 3.43. The molecule has 9 heteroatoms. The number of anilines is 1. The molecule has 0 saturated heterocycles. The molecule has 0 radical (unpaired) electrons. The van der Waals surface area contributed by atoms with E-state index < -0.39 is 17.2 Å². The van der Waals surface area contributed by atoms with Gasteiger partial charge in [-0.05, 0) is 25.0 Å². The fraction of sp³-hybridized carbons (Fsp3) is 0.167. The number of carbonyl (C=O) groups excluding carboxylic acids is 1. The molecule has 2 N–H and O–H groups in total. The van der Waals surface area contributed by atoms with Gasteiger partial charge in [-0.3, -0.25) is 15.0 Å². The quantitative estimate of drug-likeness (QED) is 0.543. The molecule has 27 heavy (non-hydrogen) atoms. The summed E-state index contributed by atoms with van der Waals surface area (Å²) >= 11 is 0. The van der Waals surface area contributed by atoms with Gasteiger partial charge in [-0.25, -0.2) is 9.97 Å². The van der Waals surface area contributed by atoms with Crippen LogP contribution in [-0.4, -0.2) is 26.1 Å². The molecule has 0 atom stereocenters. The first-order chi connectivity index (χ1) is 13.0. The lowest BCUT2D eigenvalue weighted by molar-refractivity contribution is -0.906. The fourth-order valence-electron chi connectivity index (χ4n) is 2.65. The molecule has 1 aliphatic carbocycles. The first-order valence-electron chi connectivity index (χ1n) is 8.21. The number of nitrogens with one attached hydrogen (secondary N) is 1. The van der Waals surface area contributed by atoms with E-state index in [-0.39, 0.29) is 33.8 Å². The summed E-state index contributed by atoms with van der Waals surface area (Å²) in [5.74, 6) is -2.02. The zero-order valence-electron chi connectivity index (χ0n) is 13.9. The van der Waals surface area contributed by atoms with Crippen molar-refractivity contribution in [2.75, 3.05) is 5.32 Å². The van der Waals surface area contributed by atoms with Gasteiger partial charge in [0.2, 0.25) is 17.5 Å². The largest absolute Gasteiger partial charge is 0.309 e. The van der Waals surface area contributed by atoms with Crippen LogP contribution in [0, 0.1) is 17.6 Å². The number of pyridine rings is 2. The van der Waals surface area contributed by atoms with Crippen molar-refractivity contribution >= 4 is 11.7 Å². The molecule has 3 aromatic rings. The highest BCUT2D eigenvalue weighted by molar-refractivity contribution is 5.93. The van der Waals surface area contributed by atoms with E-state index in [2.05, 4.69) is 20.3 Å². The zero-order chi connectivity index (χ0) is 19.0. The third-order valence-corrected chi connectivity index (χ3v) is 4.11. The predicted octanol–water partition coefficient (Wildman–Crippen LogP) is 2.36. The zero-order valence-corrected chi connectivity index (χ0v) is 13.9. The Kier molecular flexibility index (Phi) is 4.19. The Labute approximate surface area is 152 Å². The topological polar surface area (TPSA) is 91.9 Å². The smallest absolute Gasteiger partial charge is 0.258 e. The van der Waals surface area contributed by atoms with E-state index in [9.17, 15) is 18.8 Å². The minimum absolute atomic E-state index is 0.0302. The molecular formula is C18H14F2N5O2+. The molecule has 3 heterocycles. The van der Waals surface area contributed by atoms with Gasteiger partial charge in [0.05, 0.1) is 11.8 Å². The molecule has 1 amide bonds. The molecular weight excluding hydrogens is 356 g/mol. The van der Waals surface area contributed by atoms with Gasteiger partial charge < -0.3 is 5.32 Å². The Bertz CT molecular complexity index is 1000. The lowest BCUT2D eigenvalue weighted by atomic mass is 10.1. The van der Waals surface area contributed by atoms with Crippen molar-refractivity contribution in [3.05, 3.63) is 54.8 Å². The van der Waals surface area contributed by atoms with Crippen LogP contribution in [0.25, 0.3) is 22.5 Å². The van der Waals surface area contributed by atoms with E-state index in [1.807, 2.05) is 0 Å². The highest BCUT2D eigenvalue weighted by Crippen LogP contribution is 2.33. The molecule has 1 aliphatic rings. The van der Waals surface area contributed by atoms with E-state index in [0.29, 0.717) is 5.56 Å². The van der Waals surface area contributed by atoms with Crippen LogP contribution >= 0.6 is 0 Å². The van der Waals surface area contributed by atoms with Crippen LogP contribution in [0.4, 0.5) is 14.6 Å². The Morgan fingerprint density at radius 1 is 1.19 bits per heavy atom. The molecule has 0 unspecified atom stereocenters. The van der Waals surface area contributed by atoms with Crippen LogP contribution in [0.5, 0.6) is 0 Å². The van der Waals surface area contributed by atoms with Gasteiger partial charge in [0.1, 0.15) is 11.4 Å². The van der Waals surface area contributed by atoms with Gasteiger partial charge in [0.15, 0.2) is 5.82 Å². The maximum atomic E-state index is 14.3. The normalized spacial score (nSPS) is 13.4. The van der Waals surface area contributed by atoms with Crippen molar-refractivity contribution in [3.8, 4) is 22.5 Å². The van der Waals surface area contributed by atoms with Crippen LogP contribution in [0.1, 0.15) is 12.8 Å². The molecule has 7 nitrogen and oxygen atoms in total. The fourth-order valence-corrected chi connectivity index (χ4v) is 2.65. The number of aromatic nitrogens is 4. The second-order valence-electron chi connectivity index (χ2n) is 6.17. The highest BCUT2D eigenvalue weighted by Gasteiger charge is 2.30. The average molecular weight is 370 g/mol. The number of halogens is 2. The summed E-state index contributed by atoms with van der Waals surface area (Å²) in [6.45, 7) is 0. The molecule has 4 rings (SSSR count). The molecule has 1 fully saturated rings. The first-order valence-corrected chi connectivity index (χ1v) is 8.21. The summed E-state index contributed by atoms with van der Waals surface area (Å²) in [7, 11) is 0. The summed E-state index contributed by atoms with van der Waals surface area (Å²) in [5, 5.41) is 12.0. The highest BCUT2D eigenvalue weighted by atomic mass is 19.1. The molecule has 0 aromatic carbocycles. The summed E-state index contributed by atoms with van der Waals surface area (Å²) in [5.41, 5.74) is 0.127. The SMILES string of the molecule is O=C(Nc1cnc(-c2c(F)c[n+](O)cc2F)c(-c2cccnc2)n1)C1CC1. The standard InChI is InChI=1S/C18H13F2N5O2/c19-12-8-25(27)9-13(20)15(12)17-16(11-2-1-5-21-6-11)23-14(7-22-17)24-18(26)10-3-4-10/h1-2,5-10,27H,3-4H2/p+1. The lowest BCUT2D eigenvalue weighted by Crippen LogP contribution is -2.30. The average Bonchev–Trinajstić information content (AvgIpc) is 3.48. The number of hydrogen-bond acceptors (Lipinski definition) is 5. The van der Waals surface area contributed by atoms with Gasteiger partial charge in [0, 0.05) is 28.6 Å². The van der Waals surface area contributed by atoms with Gasteiger partial charge >= 0.3 is 0 Å².